The van der Waals surface area contributed by atoms with Gasteiger partial charge in [0, 0.05) is 31.1 Å². The van der Waals surface area contributed by atoms with Crippen molar-refractivity contribution in [2.24, 2.45) is 5.92 Å². The number of hydrogen-bond donors (Lipinski definition) is 1. The van der Waals surface area contributed by atoms with Gasteiger partial charge in [0.25, 0.3) is 5.69 Å². The van der Waals surface area contributed by atoms with E-state index in [1.807, 2.05) is 0 Å². The molecule has 102 valence electrons. The van der Waals surface area contributed by atoms with Crippen LogP contribution in [0.2, 0.25) is 0 Å². The van der Waals surface area contributed by atoms with Gasteiger partial charge in [-0.05, 0) is 6.42 Å². The molecule has 1 fully saturated rings. The SMILES string of the molecule is O=C(O)N1CCC(COc2ccc([N+](=O)[O-])cn2)C1. The Hall–Kier alpha value is -2.38. The molecule has 0 spiro atoms. The largest absolute Gasteiger partial charge is 0.477 e. The number of pyridine rings is 1. The van der Waals surface area contributed by atoms with Gasteiger partial charge in [0.1, 0.15) is 6.20 Å². The summed E-state index contributed by atoms with van der Waals surface area (Å²) in [4.78, 5) is 25.8. The van der Waals surface area contributed by atoms with Gasteiger partial charge in [-0.3, -0.25) is 10.1 Å². The molecule has 0 saturated carbocycles. The number of carboxylic acid groups (broad SMARTS) is 1. The number of hydrogen-bond acceptors (Lipinski definition) is 5. The van der Waals surface area contributed by atoms with Gasteiger partial charge in [-0.15, -0.1) is 0 Å². The van der Waals surface area contributed by atoms with Crippen molar-refractivity contribution in [2.45, 2.75) is 6.42 Å². The average Bonchev–Trinajstić information content (AvgIpc) is 2.86. The van der Waals surface area contributed by atoms with Crippen molar-refractivity contribution >= 4 is 11.8 Å². The molecule has 1 unspecified atom stereocenters. The molecule has 0 radical (unpaired) electrons. The first-order valence-corrected chi connectivity index (χ1v) is 5.77. The first-order valence-electron chi connectivity index (χ1n) is 5.77. The van der Waals surface area contributed by atoms with Crippen LogP contribution < -0.4 is 4.74 Å². The Morgan fingerprint density at radius 1 is 1.63 bits per heavy atom. The second-order valence-electron chi connectivity index (χ2n) is 4.31. The lowest BCUT2D eigenvalue weighted by Crippen LogP contribution is -2.27. The molecule has 2 heterocycles. The van der Waals surface area contributed by atoms with Crippen molar-refractivity contribution in [3.63, 3.8) is 0 Å². The van der Waals surface area contributed by atoms with E-state index in [0.29, 0.717) is 25.6 Å². The normalized spacial score (nSPS) is 18.3. The molecule has 8 heteroatoms. The highest BCUT2D eigenvalue weighted by Crippen LogP contribution is 2.19. The Balaban J connectivity index is 1.83. The van der Waals surface area contributed by atoms with E-state index >= 15 is 0 Å². The maximum Gasteiger partial charge on any atom is 0.407 e. The monoisotopic (exact) mass is 267 g/mol. The summed E-state index contributed by atoms with van der Waals surface area (Å²) in [6, 6.07) is 2.75. The fourth-order valence-corrected chi connectivity index (χ4v) is 1.91. The van der Waals surface area contributed by atoms with Crippen LogP contribution in [0.5, 0.6) is 5.88 Å². The number of nitrogens with zero attached hydrogens (tertiary/aromatic N) is 3. The predicted octanol–water partition coefficient (Wildman–Crippen LogP) is 1.37. The van der Waals surface area contributed by atoms with Crippen LogP contribution in [-0.2, 0) is 0 Å². The van der Waals surface area contributed by atoms with Crippen LogP contribution in [-0.4, -0.2) is 45.7 Å². The van der Waals surface area contributed by atoms with Gasteiger partial charge in [-0.2, -0.15) is 0 Å². The fourth-order valence-electron chi connectivity index (χ4n) is 1.91. The Morgan fingerprint density at radius 3 is 2.95 bits per heavy atom. The standard InChI is InChI=1S/C11H13N3O5/c15-11(16)13-4-3-8(6-13)7-19-10-2-1-9(5-12-10)14(17)18/h1-2,5,8H,3-4,6-7H2,(H,15,16). The van der Waals surface area contributed by atoms with E-state index in [0.717, 1.165) is 12.6 Å². The summed E-state index contributed by atoms with van der Waals surface area (Å²) in [5, 5.41) is 19.3. The molecule has 1 N–H and O–H groups in total. The molecule has 1 aliphatic rings. The third-order valence-electron chi connectivity index (χ3n) is 2.95. The van der Waals surface area contributed by atoms with Crippen LogP contribution in [0.3, 0.4) is 0 Å². The summed E-state index contributed by atoms with van der Waals surface area (Å²) in [7, 11) is 0. The Labute approximate surface area is 108 Å². The molecule has 1 atom stereocenters. The molecule has 1 aromatic heterocycles. The van der Waals surface area contributed by atoms with Crippen LogP contribution >= 0.6 is 0 Å². The van der Waals surface area contributed by atoms with Crippen molar-refractivity contribution < 1.29 is 19.6 Å². The summed E-state index contributed by atoms with van der Waals surface area (Å²) < 4.78 is 5.40. The zero-order chi connectivity index (χ0) is 13.8. The second kappa shape index (κ2) is 5.51. The van der Waals surface area contributed by atoms with Crippen molar-refractivity contribution in [1.29, 1.82) is 0 Å². The summed E-state index contributed by atoms with van der Waals surface area (Å²) in [5.74, 6) is 0.437. The highest BCUT2D eigenvalue weighted by molar-refractivity contribution is 5.65. The van der Waals surface area contributed by atoms with E-state index in [-0.39, 0.29) is 11.6 Å². The topological polar surface area (TPSA) is 106 Å². The molecule has 8 nitrogen and oxygen atoms in total. The molecule has 1 saturated heterocycles. The fraction of sp³-hybridized carbons (Fsp3) is 0.455. The quantitative estimate of drug-likeness (QED) is 0.652. The minimum Gasteiger partial charge on any atom is -0.477 e. The molecule has 0 aromatic carbocycles. The van der Waals surface area contributed by atoms with Gasteiger partial charge in [-0.25, -0.2) is 9.78 Å². The third-order valence-corrected chi connectivity index (χ3v) is 2.95. The average molecular weight is 267 g/mol. The van der Waals surface area contributed by atoms with Gasteiger partial charge in [0.15, 0.2) is 0 Å². The maximum atomic E-state index is 10.7. The summed E-state index contributed by atoms with van der Waals surface area (Å²) in [5.41, 5.74) is -0.0923. The minimum absolute atomic E-state index is 0.0923. The minimum atomic E-state index is -0.920. The number of aromatic nitrogens is 1. The van der Waals surface area contributed by atoms with E-state index in [4.69, 9.17) is 9.84 Å². The molecule has 1 amide bonds. The lowest BCUT2D eigenvalue weighted by Gasteiger charge is -2.12. The van der Waals surface area contributed by atoms with Crippen LogP contribution in [0.15, 0.2) is 18.3 Å². The van der Waals surface area contributed by atoms with E-state index in [2.05, 4.69) is 4.98 Å². The summed E-state index contributed by atoms with van der Waals surface area (Å²) >= 11 is 0. The first kappa shape index (κ1) is 13.1. The molecule has 1 aromatic rings. The molecule has 1 aliphatic heterocycles. The zero-order valence-corrected chi connectivity index (χ0v) is 10.1. The molecular formula is C11H13N3O5. The Morgan fingerprint density at radius 2 is 2.42 bits per heavy atom. The predicted molar refractivity (Wildman–Crippen MR) is 64.1 cm³/mol. The molecule has 0 bridgehead atoms. The lowest BCUT2D eigenvalue weighted by molar-refractivity contribution is -0.385. The Bertz CT molecular complexity index is 476. The van der Waals surface area contributed by atoms with Crippen molar-refractivity contribution in [1.82, 2.24) is 9.88 Å². The first-order chi connectivity index (χ1) is 9.06. The summed E-state index contributed by atoms with van der Waals surface area (Å²) in [6.07, 6.45) is 0.961. The Kier molecular flexibility index (Phi) is 3.79. The van der Waals surface area contributed by atoms with Crippen LogP contribution in [0.4, 0.5) is 10.5 Å². The number of likely N-dealkylation sites (tertiary alicyclic amines) is 1. The highest BCUT2D eigenvalue weighted by Gasteiger charge is 2.26. The van der Waals surface area contributed by atoms with Crippen molar-refractivity contribution in [2.75, 3.05) is 19.7 Å². The van der Waals surface area contributed by atoms with Crippen molar-refractivity contribution in [3.05, 3.63) is 28.4 Å². The smallest absolute Gasteiger partial charge is 0.407 e. The van der Waals surface area contributed by atoms with Gasteiger partial charge in [-0.1, -0.05) is 0 Å². The summed E-state index contributed by atoms with van der Waals surface area (Å²) in [6.45, 7) is 1.31. The van der Waals surface area contributed by atoms with E-state index < -0.39 is 11.0 Å². The number of nitro groups is 1. The molecular weight excluding hydrogens is 254 g/mol. The zero-order valence-electron chi connectivity index (χ0n) is 10.1. The lowest BCUT2D eigenvalue weighted by atomic mass is 10.1. The number of carbonyl (C=O) groups is 1. The molecule has 19 heavy (non-hydrogen) atoms. The van der Waals surface area contributed by atoms with Crippen molar-refractivity contribution in [3.8, 4) is 5.88 Å². The second-order valence-corrected chi connectivity index (χ2v) is 4.31. The van der Waals surface area contributed by atoms with Crippen LogP contribution in [0.25, 0.3) is 0 Å². The number of rotatable bonds is 4. The third kappa shape index (κ3) is 3.30. The van der Waals surface area contributed by atoms with Gasteiger partial charge < -0.3 is 14.7 Å². The van der Waals surface area contributed by atoms with Gasteiger partial charge >= 0.3 is 6.09 Å². The van der Waals surface area contributed by atoms with Crippen LogP contribution in [0.1, 0.15) is 6.42 Å². The molecule has 2 rings (SSSR count). The van der Waals surface area contributed by atoms with E-state index in [1.54, 1.807) is 0 Å². The van der Waals surface area contributed by atoms with Gasteiger partial charge in [0.2, 0.25) is 5.88 Å². The number of ether oxygens (including phenoxy) is 1. The molecule has 0 aliphatic carbocycles. The van der Waals surface area contributed by atoms with Crippen LogP contribution in [0, 0.1) is 16.0 Å². The highest BCUT2D eigenvalue weighted by atomic mass is 16.6. The van der Waals surface area contributed by atoms with Gasteiger partial charge in [0.05, 0.1) is 11.5 Å². The maximum absolute atomic E-state index is 10.7. The van der Waals surface area contributed by atoms with E-state index in [9.17, 15) is 14.9 Å². The van der Waals surface area contributed by atoms with E-state index in [1.165, 1.54) is 17.0 Å². The number of amides is 1.